The predicted molar refractivity (Wildman–Crippen MR) is 129 cm³/mol. The Bertz CT molecular complexity index is 1190. The minimum absolute atomic E-state index is 0.0481. The summed E-state index contributed by atoms with van der Waals surface area (Å²) >= 11 is 0. The Labute approximate surface area is 209 Å². The van der Waals surface area contributed by atoms with Crippen molar-refractivity contribution in [1.82, 2.24) is 15.1 Å². The summed E-state index contributed by atoms with van der Waals surface area (Å²) in [5, 5.41) is 2.33. The van der Waals surface area contributed by atoms with Crippen LogP contribution in [0.5, 0.6) is 5.75 Å². The molecular weight excluding hydrogens is 462 g/mol. The first-order valence-electron chi connectivity index (χ1n) is 12.2. The molecule has 0 aromatic heterocycles. The Balaban J connectivity index is 1.19. The zero-order valence-corrected chi connectivity index (χ0v) is 20.2. The normalized spacial score (nSPS) is 21.9. The standard InChI is InChI=1S/C27H29N3O6/c1-35-27(34)19-11-12-29(14-19)13-17-5-7-18(8-6-17)16-36-23-4-2-3-20-21(23)15-30(26(20)33)22-9-10-24(31)28-25(22)32/h2-8,19,22H,9-16H2,1H3,(H,28,31,32). The van der Waals surface area contributed by atoms with Gasteiger partial charge in [-0.1, -0.05) is 30.3 Å². The summed E-state index contributed by atoms with van der Waals surface area (Å²) < 4.78 is 11.0. The molecule has 3 aliphatic heterocycles. The minimum Gasteiger partial charge on any atom is -0.489 e. The van der Waals surface area contributed by atoms with Crippen molar-refractivity contribution in [3.8, 4) is 5.75 Å². The van der Waals surface area contributed by atoms with Crippen LogP contribution in [0.3, 0.4) is 0 Å². The highest BCUT2D eigenvalue weighted by molar-refractivity contribution is 6.05. The van der Waals surface area contributed by atoms with Crippen molar-refractivity contribution < 1.29 is 28.7 Å². The van der Waals surface area contributed by atoms with Gasteiger partial charge in [-0.2, -0.15) is 0 Å². The largest absolute Gasteiger partial charge is 0.489 e. The summed E-state index contributed by atoms with van der Waals surface area (Å²) in [7, 11) is 1.43. The quantitative estimate of drug-likeness (QED) is 0.467. The molecule has 2 aromatic carbocycles. The van der Waals surface area contributed by atoms with Gasteiger partial charge in [0.1, 0.15) is 18.4 Å². The molecule has 2 fully saturated rings. The number of esters is 1. The molecule has 0 saturated carbocycles. The highest BCUT2D eigenvalue weighted by Crippen LogP contribution is 2.34. The Hall–Kier alpha value is -3.72. The lowest BCUT2D eigenvalue weighted by molar-refractivity contribution is -0.145. The summed E-state index contributed by atoms with van der Waals surface area (Å²) in [5.74, 6) is -0.519. The Morgan fingerprint density at radius 1 is 1.06 bits per heavy atom. The van der Waals surface area contributed by atoms with Crippen LogP contribution in [-0.4, -0.2) is 59.7 Å². The molecule has 3 aliphatic rings. The number of methoxy groups -OCH3 is 1. The maximum absolute atomic E-state index is 13.0. The molecule has 5 rings (SSSR count). The molecule has 3 amide bonds. The van der Waals surface area contributed by atoms with Crippen molar-refractivity contribution in [2.45, 2.75) is 45.0 Å². The molecular formula is C27H29N3O6. The van der Waals surface area contributed by atoms with Crippen molar-refractivity contribution in [3.05, 3.63) is 64.7 Å². The van der Waals surface area contributed by atoms with Gasteiger partial charge in [-0.25, -0.2) is 0 Å². The van der Waals surface area contributed by atoms with Crippen molar-refractivity contribution in [2.24, 2.45) is 5.92 Å². The van der Waals surface area contributed by atoms with Gasteiger partial charge in [0, 0.05) is 30.6 Å². The molecule has 0 bridgehead atoms. The fourth-order valence-corrected chi connectivity index (χ4v) is 5.19. The third-order valence-corrected chi connectivity index (χ3v) is 7.17. The number of carbonyl (C=O) groups excluding carboxylic acids is 4. The molecule has 1 N–H and O–H groups in total. The third kappa shape index (κ3) is 4.83. The average molecular weight is 492 g/mol. The second kappa shape index (κ2) is 10.1. The number of imide groups is 1. The Morgan fingerprint density at radius 3 is 2.58 bits per heavy atom. The third-order valence-electron chi connectivity index (χ3n) is 7.17. The van der Waals surface area contributed by atoms with E-state index in [4.69, 9.17) is 9.47 Å². The zero-order chi connectivity index (χ0) is 25.2. The number of carbonyl (C=O) groups is 4. The summed E-state index contributed by atoms with van der Waals surface area (Å²) in [6, 6.07) is 12.9. The molecule has 9 nitrogen and oxygen atoms in total. The van der Waals surface area contributed by atoms with Gasteiger partial charge in [0.2, 0.25) is 11.8 Å². The Morgan fingerprint density at radius 2 is 1.83 bits per heavy atom. The van der Waals surface area contributed by atoms with Gasteiger partial charge in [-0.05, 0) is 42.6 Å². The molecule has 188 valence electrons. The van der Waals surface area contributed by atoms with Crippen LogP contribution in [0, 0.1) is 5.92 Å². The summed E-state index contributed by atoms with van der Waals surface area (Å²) in [4.78, 5) is 52.3. The van der Waals surface area contributed by atoms with E-state index < -0.39 is 11.9 Å². The number of benzene rings is 2. The van der Waals surface area contributed by atoms with Crippen LogP contribution in [0.4, 0.5) is 0 Å². The fraction of sp³-hybridized carbons (Fsp3) is 0.407. The molecule has 0 aliphatic carbocycles. The topological polar surface area (TPSA) is 105 Å². The van der Waals surface area contributed by atoms with Gasteiger partial charge in [-0.15, -0.1) is 0 Å². The van der Waals surface area contributed by atoms with Crippen molar-refractivity contribution in [3.63, 3.8) is 0 Å². The van der Waals surface area contributed by atoms with Crippen molar-refractivity contribution in [1.29, 1.82) is 0 Å². The lowest BCUT2D eigenvalue weighted by atomic mass is 10.0. The first-order chi connectivity index (χ1) is 17.4. The molecule has 3 heterocycles. The van der Waals surface area contributed by atoms with E-state index in [0.717, 1.165) is 36.2 Å². The number of ether oxygens (including phenoxy) is 2. The molecule has 0 spiro atoms. The monoisotopic (exact) mass is 491 g/mol. The number of rotatable bonds is 7. The molecule has 2 atom stereocenters. The summed E-state index contributed by atoms with van der Waals surface area (Å²) in [6.45, 7) is 2.98. The van der Waals surface area contributed by atoms with Crippen LogP contribution in [0.1, 0.15) is 46.3 Å². The highest BCUT2D eigenvalue weighted by Gasteiger charge is 2.40. The van der Waals surface area contributed by atoms with Gasteiger partial charge >= 0.3 is 5.97 Å². The number of amides is 3. The molecule has 2 aromatic rings. The molecule has 9 heteroatoms. The van der Waals surface area contributed by atoms with E-state index in [2.05, 4.69) is 22.3 Å². The number of nitrogens with one attached hydrogen (secondary N) is 1. The maximum atomic E-state index is 13.0. The number of fused-ring (bicyclic) bond motifs is 1. The molecule has 2 unspecified atom stereocenters. The lowest BCUT2D eigenvalue weighted by Crippen LogP contribution is -2.52. The summed E-state index contributed by atoms with van der Waals surface area (Å²) in [5.41, 5.74) is 3.45. The van der Waals surface area contributed by atoms with Crippen LogP contribution in [0.15, 0.2) is 42.5 Å². The van der Waals surface area contributed by atoms with Crippen molar-refractivity contribution in [2.75, 3.05) is 20.2 Å². The van der Waals surface area contributed by atoms with E-state index in [1.54, 1.807) is 12.1 Å². The van der Waals surface area contributed by atoms with E-state index in [-0.39, 0.29) is 36.7 Å². The van der Waals surface area contributed by atoms with Gasteiger partial charge in [-0.3, -0.25) is 29.4 Å². The molecule has 0 radical (unpaired) electrons. The highest BCUT2D eigenvalue weighted by atomic mass is 16.5. The number of piperidine rings is 1. The lowest BCUT2D eigenvalue weighted by Gasteiger charge is -2.29. The average Bonchev–Trinajstić information content (AvgIpc) is 3.48. The van der Waals surface area contributed by atoms with E-state index in [0.29, 0.717) is 30.9 Å². The van der Waals surface area contributed by atoms with Crippen LogP contribution >= 0.6 is 0 Å². The van der Waals surface area contributed by atoms with Crippen LogP contribution < -0.4 is 10.1 Å². The van der Waals surface area contributed by atoms with E-state index in [9.17, 15) is 19.2 Å². The van der Waals surface area contributed by atoms with Crippen LogP contribution in [0.2, 0.25) is 0 Å². The summed E-state index contributed by atoms with van der Waals surface area (Å²) in [6.07, 6.45) is 1.37. The first kappa shape index (κ1) is 24.0. The minimum atomic E-state index is -0.651. The smallest absolute Gasteiger partial charge is 0.310 e. The van der Waals surface area contributed by atoms with Gasteiger partial charge < -0.3 is 14.4 Å². The molecule has 2 saturated heterocycles. The number of nitrogens with zero attached hydrogens (tertiary/aromatic N) is 2. The number of hydrogen-bond donors (Lipinski definition) is 1. The second-order valence-electron chi connectivity index (χ2n) is 9.53. The maximum Gasteiger partial charge on any atom is 0.310 e. The number of hydrogen-bond acceptors (Lipinski definition) is 7. The van der Waals surface area contributed by atoms with Crippen molar-refractivity contribution >= 4 is 23.7 Å². The Kier molecular flexibility index (Phi) is 6.73. The van der Waals surface area contributed by atoms with Crippen LogP contribution in [0.25, 0.3) is 0 Å². The van der Waals surface area contributed by atoms with E-state index in [1.165, 1.54) is 12.0 Å². The van der Waals surface area contributed by atoms with Gasteiger partial charge in [0.05, 0.1) is 19.6 Å². The van der Waals surface area contributed by atoms with Gasteiger partial charge in [0.25, 0.3) is 5.91 Å². The van der Waals surface area contributed by atoms with E-state index >= 15 is 0 Å². The predicted octanol–water partition coefficient (Wildman–Crippen LogP) is 2.02. The SMILES string of the molecule is COC(=O)C1CCN(Cc2ccc(COc3cccc4c3CN(C3CCC(=O)NC3=O)C4=O)cc2)C1. The first-order valence-corrected chi connectivity index (χ1v) is 12.2. The molecule has 36 heavy (non-hydrogen) atoms. The van der Waals surface area contributed by atoms with Crippen LogP contribution in [-0.2, 0) is 38.8 Å². The fourth-order valence-electron chi connectivity index (χ4n) is 5.19. The van der Waals surface area contributed by atoms with E-state index in [1.807, 2.05) is 18.2 Å². The number of likely N-dealkylation sites (tertiary alicyclic amines) is 1. The second-order valence-corrected chi connectivity index (χ2v) is 9.53. The zero-order valence-electron chi connectivity index (χ0n) is 20.2. The van der Waals surface area contributed by atoms with Gasteiger partial charge in [0.15, 0.2) is 0 Å².